The molecule has 2 aliphatic rings. The van der Waals surface area contributed by atoms with Crippen LogP contribution in [0.4, 0.5) is 8.78 Å². The number of amides is 1. The molecule has 6 nitrogen and oxygen atoms in total. The summed E-state index contributed by atoms with van der Waals surface area (Å²) < 4.78 is 29.1. The van der Waals surface area contributed by atoms with Crippen LogP contribution in [0.2, 0.25) is 0 Å². The molecule has 2 fully saturated rings. The molecule has 1 aliphatic carbocycles. The van der Waals surface area contributed by atoms with Gasteiger partial charge >= 0.3 is 6.61 Å². The summed E-state index contributed by atoms with van der Waals surface area (Å²) in [6, 6.07) is 6.73. The molecule has 0 spiro atoms. The molecule has 1 heterocycles. The van der Waals surface area contributed by atoms with Crippen LogP contribution in [0.1, 0.15) is 37.7 Å². The molecule has 0 radical (unpaired) electrons. The lowest BCUT2D eigenvalue weighted by molar-refractivity contribution is -0.134. The number of likely N-dealkylation sites (tertiary alicyclic amines) is 1. The van der Waals surface area contributed by atoms with E-state index in [1.807, 2.05) is 11.0 Å². The highest BCUT2D eigenvalue weighted by molar-refractivity contribution is 14.0. The minimum Gasteiger partial charge on any atom is -0.435 e. The molecule has 0 bridgehead atoms. The van der Waals surface area contributed by atoms with Crippen molar-refractivity contribution in [2.75, 3.05) is 20.1 Å². The number of alkyl halides is 2. The molecular weight excluding hydrogens is 493 g/mol. The normalized spacial score (nSPS) is 19.9. The van der Waals surface area contributed by atoms with E-state index in [1.165, 1.54) is 6.07 Å². The Kier molecular flexibility index (Phi) is 9.38. The van der Waals surface area contributed by atoms with Crippen LogP contribution in [-0.2, 0) is 11.3 Å². The van der Waals surface area contributed by atoms with Crippen molar-refractivity contribution in [2.45, 2.75) is 51.3 Å². The molecule has 1 aromatic rings. The molecule has 1 unspecified atom stereocenters. The van der Waals surface area contributed by atoms with Gasteiger partial charge in [0.25, 0.3) is 0 Å². The predicted molar refractivity (Wildman–Crippen MR) is 119 cm³/mol. The van der Waals surface area contributed by atoms with Crippen molar-refractivity contribution < 1.29 is 18.3 Å². The van der Waals surface area contributed by atoms with Gasteiger partial charge in [0.05, 0.1) is 0 Å². The average Bonchev–Trinajstić information content (AvgIpc) is 3.36. The number of nitrogens with one attached hydrogen (secondary N) is 2. The van der Waals surface area contributed by atoms with Crippen molar-refractivity contribution in [3.63, 3.8) is 0 Å². The Morgan fingerprint density at radius 3 is 2.76 bits per heavy atom. The number of benzene rings is 1. The van der Waals surface area contributed by atoms with Gasteiger partial charge in [0.2, 0.25) is 5.91 Å². The predicted octanol–water partition coefficient (Wildman–Crippen LogP) is 3.36. The maximum Gasteiger partial charge on any atom is 0.387 e. The van der Waals surface area contributed by atoms with Crippen LogP contribution >= 0.6 is 24.0 Å². The molecule has 1 aliphatic heterocycles. The second-order valence-corrected chi connectivity index (χ2v) is 7.35. The van der Waals surface area contributed by atoms with E-state index in [0.717, 1.165) is 44.2 Å². The molecule has 1 amide bonds. The van der Waals surface area contributed by atoms with Crippen LogP contribution in [0, 0.1) is 5.92 Å². The third kappa shape index (κ3) is 6.97. The van der Waals surface area contributed by atoms with Gasteiger partial charge in [0.15, 0.2) is 5.96 Å². The van der Waals surface area contributed by atoms with Gasteiger partial charge in [-0.05, 0) is 37.0 Å². The molecule has 162 valence electrons. The summed E-state index contributed by atoms with van der Waals surface area (Å²) >= 11 is 0. The standard InChI is InChI=1S/C20H28F2N4O2.HI/c1-23-20(24-12-14-5-4-8-17(11-14)28-19(21)22)25-16-9-10-26(13-16)18(27)15-6-2-3-7-15;/h4-5,8,11,15-16,19H,2-3,6-7,9-10,12-13H2,1H3,(H2,23,24,25);1H. The Morgan fingerprint density at radius 1 is 1.31 bits per heavy atom. The number of nitrogens with zero attached hydrogens (tertiary/aromatic N) is 2. The number of aliphatic imine (C=N–C) groups is 1. The zero-order valence-electron chi connectivity index (χ0n) is 16.6. The minimum atomic E-state index is -2.84. The number of hydrogen-bond acceptors (Lipinski definition) is 3. The lowest BCUT2D eigenvalue weighted by Crippen LogP contribution is -2.45. The van der Waals surface area contributed by atoms with Crippen LogP contribution in [0.5, 0.6) is 5.75 Å². The first-order valence-corrected chi connectivity index (χ1v) is 9.85. The van der Waals surface area contributed by atoms with Crippen molar-refractivity contribution in [3.05, 3.63) is 29.8 Å². The maximum atomic E-state index is 12.6. The van der Waals surface area contributed by atoms with Gasteiger partial charge in [0.1, 0.15) is 5.75 Å². The average molecular weight is 522 g/mol. The number of guanidine groups is 1. The van der Waals surface area contributed by atoms with Gasteiger partial charge in [-0.3, -0.25) is 9.79 Å². The fourth-order valence-corrected chi connectivity index (χ4v) is 3.91. The Hall–Kier alpha value is -1.65. The van der Waals surface area contributed by atoms with Crippen LogP contribution in [0.15, 0.2) is 29.3 Å². The van der Waals surface area contributed by atoms with Gasteiger partial charge in [-0.25, -0.2) is 0 Å². The van der Waals surface area contributed by atoms with E-state index >= 15 is 0 Å². The van der Waals surface area contributed by atoms with Crippen LogP contribution < -0.4 is 15.4 Å². The molecule has 1 saturated carbocycles. The van der Waals surface area contributed by atoms with E-state index < -0.39 is 6.61 Å². The molecule has 0 aromatic heterocycles. The van der Waals surface area contributed by atoms with E-state index in [2.05, 4.69) is 20.4 Å². The van der Waals surface area contributed by atoms with Gasteiger partial charge in [-0.2, -0.15) is 8.78 Å². The highest BCUT2D eigenvalue weighted by Crippen LogP contribution is 2.27. The molecule has 1 atom stereocenters. The molecule has 1 saturated heterocycles. The third-order valence-corrected chi connectivity index (χ3v) is 5.35. The van der Waals surface area contributed by atoms with E-state index in [0.29, 0.717) is 25.0 Å². The van der Waals surface area contributed by atoms with E-state index in [4.69, 9.17) is 0 Å². The van der Waals surface area contributed by atoms with Gasteiger partial charge in [-0.1, -0.05) is 25.0 Å². The van der Waals surface area contributed by atoms with Gasteiger partial charge in [0, 0.05) is 38.6 Å². The Balaban J connectivity index is 0.00000300. The molecule has 29 heavy (non-hydrogen) atoms. The first kappa shape index (κ1) is 23.6. The van der Waals surface area contributed by atoms with Crippen molar-refractivity contribution in [3.8, 4) is 5.75 Å². The summed E-state index contributed by atoms with van der Waals surface area (Å²) in [5.41, 5.74) is 0.811. The molecule has 3 rings (SSSR count). The number of carbonyl (C=O) groups is 1. The Bertz CT molecular complexity index is 699. The zero-order chi connectivity index (χ0) is 19.9. The molecule has 2 N–H and O–H groups in total. The topological polar surface area (TPSA) is 66.0 Å². The van der Waals surface area contributed by atoms with Crippen molar-refractivity contribution in [1.82, 2.24) is 15.5 Å². The second kappa shape index (κ2) is 11.5. The van der Waals surface area contributed by atoms with Crippen LogP contribution in [-0.4, -0.2) is 49.6 Å². The van der Waals surface area contributed by atoms with Crippen molar-refractivity contribution in [2.24, 2.45) is 10.9 Å². The fraction of sp³-hybridized carbons (Fsp3) is 0.600. The van der Waals surface area contributed by atoms with Crippen molar-refractivity contribution in [1.29, 1.82) is 0 Å². The van der Waals surface area contributed by atoms with Gasteiger partial charge < -0.3 is 20.3 Å². The quantitative estimate of drug-likeness (QED) is 0.342. The van der Waals surface area contributed by atoms with E-state index in [1.54, 1.807) is 19.2 Å². The fourth-order valence-electron chi connectivity index (χ4n) is 3.91. The minimum absolute atomic E-state index is 0. The van der Waals surface area contributed by atoms with E-state index in [-0.39, 0.29) is 41.7 Å². The number of carbonyl (C=O) groups excluding carboxylic acids is 1. The monoisotopic (exact) mass is 522 g/mol. The SMILES string of the molecule is CN=C(NCc1cccc(OC(F)F)c1)NC1CCN(C(=O)C2CCCC2)C1.I. The smallest absolute Gasteiger partial charge is 0.387 e. The molecule has 9 heteroatoms. The summed E-state index contributed by atoms with van der Waals surface area (Å²) in [6.07, 6.45) is 5.24. The summed E-state index contributed by atoms with van der Waals surface area (Å²) in [6.45, 7) is -0.947. The molecule has 1 aromatic carbocycles. The number of halogens is 3. The maximum absolute atomic E-state index is 12.6. The lowest BCUT2D eigenvalue weighted by atomic mass is 10.1. The number of ether oxygens (including phenoxy) is 1. The number of hydrogen-bond donors (Lipinski definition) is 2. The van der Waals surface area contributed by atoms with E-state index in [9.17, 15) is 13.6 Å². The first-order valence-electron chi connectivity index (χ1n) is 9.85. The first-order chi connectivity index (χ1) is 13.5. The largest absolute Gasteiger partial charge is 0.435 e. The van der Waals surface area contributed by atoms with Crippen molar-refractivity contribution >= 4 is 35.8 Å². The van der Waals surface area contributed by atoms with Crippen LogP contribution in [0.25, 0.3) is 0 Å². The van der Waals surface area contributed by atoms with Gasteiger partial charge in [-0.15, -0.1) is 24.0 Å². The summed E-state index contributed by atoms with van der Waals surface area (Å²) in [7, 11) is 1.68. The highest BCUT2D eigenvalue weighted by atomic mass is 127. The highest BCUT2D eigenvalue weighted by Gasteiger charge is 2.32. The zero-order valence-corrected chi connectivity index (χ0v) is 18.9. The third-order valence-electron chi connectivity index (χ3n) is 5.35. The Labute approximate surface area is 187 Å². The summed E-state index contributed by atoms with van der Waals surface area (Å²) in [5, 5.41) is 6.54. The lowest BCUT2D eigenvalue weighted by Gasteiger charge is -2.21. The summed E-state index contributed by atoms with van der Waals surface area (Å²) in [5.74, 6) is 1.26. The second-order valence-electron chi connectivity index (χ2n) is 7.35. The number of rotatable bonds is 6. The van der Waals surface area contributed by atoms with Crippen LogP contribution in [0.3, 0.4) is 0 Å². The molecular formula is C20H29F2IN4O2. The Morgan fingerprint density at radius 2 is 2.07 bits per heavy atom. The summed E-state index contributed by atoms with van der Waals surface area (Å²) in [4.78, 5) is 18.7.